The lowest BCUT2D eigenvalue weighted by atomic mass is 10.0. The Labute approximate surface area is 131 Å². The van der Waals surface area contributed by atoms with Crippen LogP contribution in [-0.4, -0.2) is 25.6 Å². The Morgan fingerprint density at radius 1 is 1.19 bits per heavy atom. The van der Waals surface area contributed by atoms with E-state index in [2.05, 4.69) is 18.0 Å². The Morgan fingerprint density at radius 3 is 2.52 bits per heavy atom. The van der Waals surface area contributed by atoms with Crippen LogP contribution in [0.2, 0.25) is 5.02 Å². The number of methoxy groups -OCH3 is 1. The first-order valence-electron chi connectivity index (χ1n) is 6.92. The molecule has 0 amide bonds. The fraction of sp³-hybridized carbons (Fsp3) is 0.294. The average molecular weight is 305 g/mol. The Balaban J connectivity index is 2.13. The van der Waals surface area contributed by atoms with Crippen LogP contribution in [0.4, 0.5) is 0 Å². The molecule has 0 radical (unpaired) electrons. The number of benzene rings is 2. The molecule has 2 N–H and O–H groups in total. The minimum absolute atomic E-state index is 0.149. The van der Waals surface area contributed by atoms with E-state index in [1.54, 1.807) is 7.11 Å². The van der Waals surface area contributed by atoms with Crippen molar-refractivity contribution in [2.75, 3.05) is 20.7 Å². The highest BCUT2D eigenvalue weighted by Crippen LogP contribution is 2.24. The summed E-state index contributed by atoms with van der Waals surface area (Å²) in [4.78, 5) is 2.23. The van der Waals surface area contributed by atoms with Crippen LogP contribution in [0.15, 0.2) is 48.5 Å². The van der Waals surface area contributed by atoms with Crippen molar-refractivity contribution in [3.05, 3.63) is 64.7 Å². The number of nitrogens with zero attached hydrogens (tertiary/aromatic N) is 1. The third kappa shape index (κ3) is 4.21. The number of rotatable bonds is 6. The van der Waals surface area contributed by atoms with Gasteiger partial charge in [0.25, 0.3) is 0 Å². The number of halogens is 1. The van der Waals surface area contributed by atoms with Crippen molar-refractivity contribution in [1.29, 1.82) is 0 Å². The molecule has 3 nitrogen and oxygen atoms in total. The average Bonchev–Trinajstić information content (AvgIpc) is 2.50. The van der Waals surface area contributed by atoms with Crippen molar-refractivity contribution in [3.63, 3.8) is 0 Å². The lowest BCUT2D eigenvalue weighted by Crippen LogP contribution is -2.30. The van der Waals surface area contributed by atoms with Crippen molar-refractivity contribution in [3.8, 4) is 5.75 Å². The molecule has 21 heavy (non-hydrogen) atoms. The van der Waals surface area contributed by atoms with E-state index in [1.165, 1.54) is 5.56 Å². The van der Waals surface area contributed by atoms with Crippen molar-refractivity contribution >= 4 is 11.6 Å². The molecule has 4 heteroatoms. The van der Waals surface area contributed by atoms with Gasteiger partial charge in [0.2, 0.25) is 0 Å². The second kappa shape index (κ2) is 7.46. The van der Waals surface area contributed by atoms with Crippen LogP contribution < -0.4 is 10.5 Å². The zero-order valence-corrected chi connectivity index (χ0v) is 13.2. The highest BCUT2D eigenvalue weighted by Gasteiger charge is 2.16. The molecule has 1 atom stereocenters. The van der Waals surface area contributed by atoms with Gasteiger partial charge in [0, 0.05) is 24.2 Å². The third-order valence-corrected chi connectivity index (χ3v) is 3.83. The molecule has 0 saturated heterocycles. The fourth-order valence-electron chi connectivity index (χ4n) is 2.41. The van der Waals surface area contributed by atoms with Gasteiger partial charge < -0.3 is 10.5 Å². The van der Waals surface area contributed by atoms with Gasteiger partial charge in [-0.15, -0.1) is 0 Å². The molecule has 2 aromatic rings. The summed E-state index contributed by atoms with van der Waals surface area (Å²) in [6, 6.07) is 16.1. The first kappa shape index (κ1) is 15.8. The minimum Gasteiger partial charge on any atom is -0.497 e. The van der Waals surface area contributed by atoms with Crippen LogP contribution in [0.1, 0.15) is 17.2 Å². The smallest absolute Gasteiger partial charge is 0.119 e. The van der Waals surface area contributed by atoms with Crippen LogP contribution in [0.3, 0.4) is 0 Å². The maximum Gasteiger partial charge on any atom is 0.119 e. The molecule has 0 fully saturated rings. The SMILES string of the molecule is COc1cccc(C(CN)N(C)Cc2ccc(Cl)cc2)c1. The number of nitrogens with two attached hydrogens (primary N) is 1. The zero-order chi connectivity index (χ0) is 15.2. The predicted octanol–water partition coefficient (Wildman–Crippen LogP) is 3.48. The zero-order valence-electron chi connectivity index (χ0n) is 12.4. The molecule has 2 rings (SSSR count). The Morgan fingerprint density at radius 2 is 1.90 bits per heavy atom. The largest absolute Gasteiger partial charge is 0.497 e. The van der Waals surface area contributed by atoms with Gasteiger partial charge in [0.05, 0.1) is 7.11 Å². The first-order chi connectivity index (χ1) is 10.1. The summed E-state index contributed by atoms with van der Waals surface area (Å²) in [5, 5.41) is 0.754. The summed E-state index contributed by atoms with van der Waals surface area (Å²) in [6.07, 6.45) is 0. The van der Waals surface area contributed by atoms with E-state index >= 15 is 0 Å². The van der Waals surface area contributed by atoms with Crippen molar-refractivity contribution in [2.24, 2.45) is 5.73 Å². The van der Waals surface area contributed by atoms with Gasteiger partial charge in [-0.2, -0.15) is 0 Å². The molecule has 0 bridgehead atoms. The van der Waals surface area contributed by atoms with E-state index < -0.39 is 0 Å². The summed E-state index contributed by atoms with van der Waals surface area (Å²) in [6.45, 7) is 1.37. The van der Waals surface area contributed by atoms with Gasteiger partial charge in [0.1, 0.15) is 5.75 Å². The van der Waals surface area contributed by atoms with Gasteiger partial charge in [-0.25, -0.2) is 0 Å². The topological polar surface area (TPSA) is 38.5 Å². The molecule has 112 valence electrons. The van der Waals surface area contributed by atoms with Gasteiger partial charge in [-0.1, -0.05) is 35.9 Å². The van der Waals surface area contributed by atoms with Gasteiger partial charge >= 0.3 is 0 Å². The van der Waals surface area contributed by atoms with E-state index in [9.17, 15) is 0 Å². The molecule has 0 spiro atoms. The molecule has 0 aromatic heterocycles. The predicted molar refractivity (Wildman–Crippen MR) is 87.7 cm³/mol. The molecule has 0 aliphatic rings. The van der Waals surface area contributed by atoms with E-state index in [-0.39, 0.29) is 6.04 Å². The summed E-state index contributed by atoms with van der Waals surface area (Å²) in [5.41, 5.74) is 8.34. The molecule has 0 saturated carbocycles. The van der Waals surface area contributed by atoms with Crippen LogP contribution in [0, 0.1) is 0 Å². The van der Waals surface area contributed by atoms with Gasteiger partial charge in [-0.3, -0.25) is 4.90 Å². The summed E-state index contributed by atoms with van der Waals surface area (Å²) < 4.78 is 5.29. The minimum atomic E-state index is 0.149. The number of ether oxygens (including phenoxy) is 1. The monoisotopic (exact) mass is 304 g/mol. The van der Waals surface area contributed by atoms with E-state index in [0.29, 0.717) is 6.54 Å². The van der Waals surface area contributed by atoms with Crippen molar-refractivity contribution in [2.45, 2.75) is 12.6 Å². The van der Waals surface area contributed by atoms with Crippen molar-refractivity contribution in [1.82, 2.24) is 4.90 Å². The van der Waals surface area contributed by atoms with Gasteiger partial charge in [-0.05, 0) is 42.4 Å². The summed E-state index contributed by atoms with van der Waals surface area (Å²) >= 11 is 5.92. The fourth-order valence-corrected chi connectivity index (χ4v) is 2.53. The molecule has 1 unspecified atom stereocenters. The summed E-state index contributed by atoms with van der Waals surface area (Å²) in [7, 11) is 3.75. The van der Waals surface area contributed by atoms with E-state index in [1.807, 2.05) is 42.5 Å². The van der Waals surface area contributed by atoms with Gasteiger partial charge in [0.15, 0.2) is 0 Å². The second-order valence-corrected chi connectivity index (χ2v) is 5.51. The lowest BCUT2D eigenvalue weighted by Gasteiger charge is -2.27. The quantitative estimate of drug-likeness (QED) is 0.888. The Kier molecular flexibility index (Phi) is 5.62. The normalized spacial score (nSPS) is 12.4. The first-order valence-corrected chi connectivity index (χ1v) is 7.30. The molecule has 2 aromatic carbocycles. The standard InChI is InChI=1S/C17H21ClN2O/c1-20(12-13-6-8-15(18)9-7-13)17(11-19)14-4-3-5-16(10-14)21-2/h3-10,17H,11-12,19H2,1-2H3. The van der Waals surface area contributed by atoms with Crippen LogP contribution in [-0.2, 0) is 6.54 Å². The maximum absolute atomic E-state index is 5.97. The Bertz CT molecular complexity index is 571. The van der Waals surface area contributed by atoms with E-state index in [0.717, 1.165) is 22.9 Å². The number of likely N-dealkylation sites (N-methyl/N-ethyl adjacent to an activating group) is 1. The van der Waals surface area contributed by atoms with Crippen molar-refractivity contribution < 1.29 is 4.74 Å². The Hall–Kier alpha value is -1.55. The molecule has 0 aliphatic carbocycles. The highest BCUT2D eigenvalue weighted by atomic mass is 35.5. The third-order valence-electron chi connectivity index (χ3n) is 3.58. The molecule has 0 heterocycles. The highest BCUT2D eigenvalue weighted by molar-refractivity contribution is 6.30. The molecule has 0 aliphatic heterocycles. The molecular formula is C17H21ClN2O. The lowest BCUT2D eigenvalue weighted by molar-refractivity contribution is 0.241. The number of hydrogen-bond donors (Lipinski definition) is 1. The summed E-state index contributed by atoms with van der Waals surface area (Å²) in [5.74, 6) is 0.853. The second-order valence-electron chi connectivity index (χ2n) is 5.07. The van der Waals surface area contributed by atoms with Crippen LogP contribution in [0.5, 0.6) is 5.75 Å². The van der Waals surface area contributed by atoms with Crippen LogP contribution in [0.25, 0.3) is 0 Å². The molecular weight excluding hydrogens is 284 g/mol. The van der Waals surface area contributed by atoms with Crippen LogP contribution >= 0.6 is 11.6 Å². The maximum atomic E-state index is 5.97. The number of hydrogen-bond acceptors (Lipinski definition) is 3. The van der Waals surface area contributed by atoms with E-state index in [4.69, 9.17) is 22.1 Å².